The highest BCUT2D eigenvalue weighted by atomic mass is 32.2. The van der Waals surface area contributed by atoms with E-state index in [2.05, 4.69) is 10.2 Å². The number of nitrogens with one attached hydrogen (secondary N) is 1. The number of hydrazine groups is 1. The fraction of sp³-hybridized carbons (Fsp3) is 0.696. The first kappa shape index (κ1) is 23.6. The van der Waals surface area contributed by atoms with Crippen molar-refractivity contribution in [3.8, 4) is 0 Å². The summed E-state index contributed by atoms with van der Waals surface area (Å²) in [5.74, 6) is -0.0549. The SMILES string of the molecule is CNC(=O)Cc1cccc(N([C@H]2CC[C@]3(CCCO3)C[C@@H]2N2CCCC2)N(C)S(=O)O)c1. The lowest BCUT2D eigenvalue weighted by Gasteiger charge is -2.51. The molecule has 3 fully saturated rings. The number of benzene rings is 1. The maximum Gasteiger partial charge on any atom is 0.253 e. The fourth-order valence-corrected chi connectivity index (χ4v) is 6.15. The standard InChI is InChI=1S/C23H36N4O4S/c1-24-22(28)16-18-7-5-8-19(15-18)27(25(2)32(29)30)20-9-11-23(10-6-14-31-23)17-21(20)26-12-3-4-13-26/h5,7-8,15,20-21H,3-4,6,9-14,16-17H2,1-2H3,(H,24,28)(H,29,30)/t20-,21-,23+/m0/s1. The molecule has 0 bridgehead atoms. The van der Waals surface area contributed by atoms with Crippen molar-refractivity contribution in [1.82, 2.24) is 14.6 Å². The van der Waals surface area contributed by atoms with E-state index in [1.54, 1.807) is 14.1 Å². The number of anilines is 1. The number of likely N-dealkylation sites (N-methyl/N-ethyl adjacent to an activating group) is 1. The second-order valence-corrected chi connectivity index (χ2v) is 10.3. The molecular formula is C23H36N4O4S. The van der Waals surface area contributed by atoms with Crippen molar-refractivity contribution in [3.63, 3.8) is 0 Å². The molecule has 8 nitrogen and oxygen atoms in total. The van der Waals surface area contributed by atoms with E-state index in [0.29, 0.717) is 0 Å². The summed E-state index contributed by atoms with van der Waals surface area (Å²) in [6, 6.07) is 8.08. The van der Waals surface area contributed by atoms with Crippen LogP contribution in [0.4, 0.5) is 5.69 Å². The van der Waals surface area contributed by atoms with Crippen molar-refractivity contribution < 1.29 is 18.3 Å². The highest BCUT2D eigenvalue weighted by Gasteiger charge is 2.48. The van der Waals surface area contributed by atoms with Crippen LogP contribution in [0.1, 0.15) is 50.5 Å². The van der Waals surface area contributed by atoms with Crippen LogP contribution in [0.15, 0.2) is 24.3 Å². The van der Waals surface area contributed by atoms with E-state index < -0.39 is 11.3 Å². The lowest BCUT2D eigenvalue weighted by atomic mass is 9.76. The first-order valence-corrected chi connectivity index (χ1v) is 12.8. The molecule has 0 aromatic heterocycles. The molecular weight excluding hydrogens is 428 g/mol. The molecule has 4 atom stereocenters. The number of hydrogen-bond acceptors (Lipinski definition) is 5. The van der Waals surface area contributed by atoms with Crippen LogP contribution < -0.4 is 10.3 Å². The average Bonchev–Trinajstić information content (AvgIpc) is 3.48. The molecule has 1 unspecified atom stereocenters. The third-order valence-electron chi connectivity index (χ3n) is 7.38. The summed E-state index contributed by atoms with van der Waals surface area (Å²) in [5.41, 5.74) is 1.68. The second-order valence-electron chi connectivity index (χ2n) is 9.31. The number of ether oxygens (including phenoxy) is 1. The Bertz CT molecular complexity index is 826. The summed E-state index contributed by atoms with van der Waals surface area (Å²) in [5, 5.41) is 4.66. The summed E-state index contributed by atoms with van der Waals surface area (Å²) in [6.45, 7) is 2.96. The average molecular weight is 465 g/mol. The van der Waals surface area contributed by atoms with Gasteiger partial charge in [0, 0.05) is 26.7 Å². The predicted molar refractivity (Wildman–Crippen MR) is 125 cm³/mol. The molecule has 1 aromatic rings. The van der Waals surface area contributed by atoms with E-state index in [9.17, 15) is 13.6 Å². The molecule has 32 heavy (non-hydrogen) atoms. The van der Waals surface area contributed by atoms with Crippen LogP contribution in [-0.2, 0) is 27.2 Å². The Kier molecular flexibility index (Phi) is 7.51. The Balaban J connectivity index is 1.67. The lowest BCUT2D eigenvalue weighted by molar-refractivity contribution is -0.119. The maximum atomic E-state index is 12.2. The summed E-state index contributed by atoms with van der Waals surface area (Å²) in [6.07, 6.45) is 7.70. The minimum Gasteiger partial charge on any atom is -0.375 e. The van der Waals surface area contributed by atoms with Gasteiger partial charge in [-0.05, 0) is 75.7 Å². The van der Waals surface area contributed by atoms with Crippen molar-refractivity contribution in [2.75, 3.05) is 38.8 Å². The molecule has 2 heterocycles. The zero-order valence-corrected chi connectivity index (χ0v) is 20.0. The largest absolute Gasteiger partial charge is 0.375 e. The summed E-state index contributed by atoms with van der Waals surface area (Å²) < 4.78 is 30.0. The molecule has 1 saturated carbocycles. The van der Waals surface area contributed by atoms with Crippen molar-refractivity contribution in [3.05, 3.63) is 29.8 Å². The number of carbonyl (C=O) groups is 1. The van der Waals surface area contributed by atoms with Gasteiger partial charge in [0.15, 0.2) is 0 Å². The molecule has 0 radical (unpaired) electrons. The van der Waals surface area contributed by atoms with Crippen molar-refractivity contribution >= 4 is 22.9 Å². The number of amides is 1. The molecule has 1 amide bonds. The van der Waals surface area contributed by atoms with E-state index in [0.717, 1.165) is 63.1 Å². The molecule has 3 aliphatic rings. The Morgan fingerprint density at radius 3 is 2.75 bits per heavy atom. The van der Waals surface area contributed by atoms with Gasteiger partial charge in [0.1, 0.15) is 0 Å². The number of rotatable bonds is 7. The summed E-state index contributed by atoms with van der Waals surface area (Å²) in [4.78, 5) is 14.5. The van der Waals surface area contributed by atoms with Crippen LogP contribution in [0.2, 0.25) is 0 Å². The molecule has 2 N–H and O–H groups in total. The fourth-order valence-electron chi connectivity index (χ4n) is 5.79. The van der Waals surface area contributed by atoms with Crippen LogP contribution in [0.5, 0.6) is 0 Å². The number of carbonyl (C=O) groups excluding carboxylic acids is 1. The zero-order valence-electron chi connectivity index (χ0n) is 19.2. The van der Waals surface area contributed by atoms with Gasteiger partial charge in [-0.2, -0.15) is 0 Å². The molecule has 1 spiro atoms. The van der Waals surface area contributed by atoms with Crippen molar-refractivity contribution in [2.24, 2.45) is 0 Å². The molecule has 2 saturated heterocycles. The van der Waals surface area contributed by atoms with Crippen molar-refractivity contribution in [1.29, 1.82) is 0 Å². The van der Waals surface area contributed by atoms with Crippen LogP contribution in [0.3, 0.4) is 0 Å². The van der Waals surface area contributed by atoms with Crippen molar-refractivity contribution in [2.45, 2.75) is 69.1 Å². The van der Waals surface area contributed by atoms with Gasteiger partial charge >= 0.3 is 0 Å². The molecule has 9 heteroatoms. The molecule has 1 aromatic carbocycles. The van der Waals surface area contributed by atoms with E-state index in [4.69, 9.17) is 4.74 Å². The van der Waals surface area contributed by atoms with Gasteiger partial charge in [-0.25, -0.2) is 4.21 Å². The quantitative estimate of drug-likeness (QED) is 0.476. The van der Waals surface area contributed by atoms with Gasteiger partial charge in [0.25, 0.3) is 11.3 Å². The van der Waals surface area contributed by atoms with Gasteiger partial charge in [-0.1, -0.05) is 12.1 Å². The minimum absolute atomic E-state index is 0.0482. The Hall–Kier alpha value is -1.52. The molecule has 4 rings (SSSR count). The summed E-state index contributed by atoms with van der Waals surface area (Å²) in [7, 11) is 3.30. The van der Waals surface area contributed by atoms with Gasteiger partial charge in [0.05, 0.1) is 23.8 Å². The third-order valence-corrected chi connectivity index (χ3v) is 8.01. The van der Waals surface area contributed by atoms with Crippen LogP contribution in [0, 0.1) is 0 Å². The van der Waals surface area contributed by atoms with Crippen LogP contribution in [-0.4, -0.2) is 75.5 Å². The van der Waals surface area contributed by atoms with Gasteiger partial charge in [0.2, 0.25) is 5.91 Å². The van der Waals surface area contributed by atoms with Gasteiger partial charge < -0.3 is 10.1 Å². The number of nitrogens with zero attached hydrogens (tertiary/aromatic N) is 3. The van der Waals surface area contributed by atoms with E-state index in [1.165, 1.54) is 17.3 Å². The second kappa shape index (κ2) is 10.2. The van der Waals surface area contributed by atoms with E-state index in [1.807, 2.05) is 29.3 Å². The smallest absolute Gasteiger partial charge is 0.253 e. The molecule has 1 aliphatic carbocycles. The van der Waals surface area contributed by atoms with Crippen LogP contribution in [0.25, 0.3) is 0 Å². The summed E-state index contributed by atoms with van der Waals surface area (Å²) >= 11 is -2.16. The van der Waals surface area contributed by atoms with E-state index in [-0.39, 0.29) is 30.0 Å². The Labute approximate surface area is 193 Å². The number of hydrogen-bond donors (Lipinski definition) is 2. The zero-order chi connectivity index (χ0) is 22.7. The van der Waals surface area contributed by atoms with E-state index >= 15 is 0 Å². The highest BCUT2D eigenvalue weighted by molar-refractivity contribution is 7.76. The predicted octanol–water partition coefficient (Wildman–Crippen LogP) is 2.33. The third kappa shape index (κ3) is 5.02. The van der Waals surface area contributed by atoms with Crippen LogP contribution >= 0.6 is 0 Å². The van der Waals surface area contributed by atoms with Gasteiger partial charge in [-0.15, -0.1) is 4.41 Å². The Morgan fingerprint density at radius 1 is 1.31 bits per heavy atom. The highest BCUT2D eigenvalue weighted by Crippen LogP contribution is 2.44. The number of likely N-dealkylation sites (tertiary alicyclic amines) is 1. The maximum absolute atomic E-state index is 12.2. The minimum atomic E-state index is -2.16. The lowest BCUT2D eigenvalue weighted by Crippen LogP contribution is -2.61. The monoisotopic (exact) mass is 464 g/mol. The molecule has 2 aliphatic heterocycles. The first-order valence-electron chi connectivity index (χ1n) is 11.7. The van der Waals surface area contributed by atoms with Gasteiger partial charge in [-0.3, -0.25) is 19.3 Å². The topological polar surface area (TPSA) is 85.4 Å². The first-order chi connectivity index (χ1) is 15.4. The molecule has 178 valence electrons. The normalized spacial score (nSPS) is 29.5. The Morgan fingerprint density at radius 2 is 2.09 bits per heavy atom.